The summed E-state index contributed by atoms with van der Waals surface area (Å²) in [5.41, 5.74) is 6.25. The zero-order valence-electron chi connectivity index (χ0n) is 12.4. The van der Waals surface area contributed by atoms with E-state index in [0.717, 1.165) is 0 Å². The molecule has 0 unspecified atom stereocenters. The molecule has 124 valence electrons. The Balaban J connectivity index is 2.04. The summed E-state index contributed by atoms with van der Waals surface area (Å²) in [6, 6.07) is 12.1. The Labute approximate surface area is 136 Å². The van der Waals surface area contributed by atoms with Gasteiger partial charge in [-0.05, 0) is 36.4 Å². The SMILES string of the molecule is NC(=O)c1ccc(NC(=O)C=Cc2ccccc2OC(F)F)cc1. The number of anilines is 1. The van der Waals surface area contributed by atoms with E-state index in [1.807, 2.05) is 0 Å². The van der Waals surface area contributed by atoms with Gasteiger partial charge in [-0.2, -0.15) is 8.78 Å². The molecular formula is C17H14F2N2O3. The largest absolute Gasteiger partial charge is 0.434 e. The number of hydrogen-bond donors (Lipinski definition) is 2. The normalized spacial score (nSPS) is 10.8. The highest BCUT2D eigenvalue weighted by molar-refractivity contribution is 6.02. The summed E-state index contributed by atoms with van der Waals surface area (Å²) in [5.74, 6) is -1.06. The third-order valence-electron chi connectivity index (χ3n) is 2.99. The van der Waals surface area contributed by atoms with Gasteiger partial charge in [0.05, 0.1) is 0 Å². The first kappa shape index (κ1) is 17.1. The lowest BCUT2D eigenvalue weighted by Crippen LogP contribution is -2.11. The fraction of sp³-hybridized carbons (Fsp3) is 0.0588. The summed E-state index contributed by atoms with van der Waals surface area (Å²) >= 11 is 0. The van der Waals surface area contributed by atoms with Crippen LogP contribution in [0.1, 0.15) is 15.9 Å². The van der Waals surface area contributed by atoms with E-state index in [4.69, 9.17) is 5.73 Å². The van der Waals surface area contributed by atoms with Crippen LogP contribution in [-0.2, 0) is 4.79 Å². The van der Waals surface area contributed by atoms with Gasteiger partial charge in [-0.3, -0.25) is 9.59 Å². The molecule has 2 aromatic carbocycles. The highest BCUT2D eigenvalue weighted by atomic mass is 19.3. The maximum absolute atomic E-state index is 12.3. The molecule has 0 atom stereocenters. The number of carbonyl (C=O) groups is 2. The maximum Gasteiger partial charge on any atom is 0.387 e. The van der Waals surface area contributed by atoms with E-state index in [1.165, 1.54) is 42.5 Å². The van der Waals surface area contributed by atoms with Gasteiger partial charge in [-0.1, -0.05) is 18.2 Å². The van der Waals surface area contributed by atoms with Crippen LogP contribution in [0.25, 0.3) is 6.08 Å². The smallest absolute Gasteiger partial charge is 0.387 e. The van der Waals surface area contributed by atoms with Crippen LogP contribution in [0.5, 0.6) is 5.75 Å². The third-order valence-corrected chi connectivity index (χ3v) is 2.99. The Morgan fingerprint density at radius 1 is 1.08 bits per heavy atom. The van der Waals surface area contributed by atoms with E-state index < -0.39 is 18.4 Å². The van der Waals surface area contributed by atoms with Gasteiger partial charge in [0.2, 0.25) is 11.8 Å². The summed E-state index contributed by atoms with van der Waals surface area (Å²) < 4.78 is 29.0. The molecule has 2 rings (SSSR count). The number of rotatable bonds is 6. The van der Waals surface area contributed by atoms with E-state index in [2.05, 4.69) is 10.1 Å². The average Bonchev–Trinajstić information content (AvgIpc) is 2.54. The predicted octanol–water partition coefficient (Wildman–Crippen LogP) is 3.04. The number of nitrogens with two attached hydrogens (primary N) is 1. The van der Waals surface area contributed by atoms with Crippen molar-refractivity contribution in [2.75, 3.05) is 5.32 Å². The first-order chi connectivity index (χ1) is 11.5. The highest BCUT2D eigenvalue weighted by Gasteiger charge is 2.07. The lowest BCUT2D eigenvalue weighted by atomic mass is 10.2. The Bertz CT molecular complexity index is 759. The second-order valence-electron chi connectivity index (χ2n) is 4.68. The Kier molecular flexibility index (Phi) is 5.62. The molecule has 5 nitrogen and oxygen atoms in total. The minimum Gasteiger partial charge on any atom is -0.434 e. The molecule has 0 saturated carbocycles. The number of alkyl halides is 2. The Morgan fingerprint density at radius 3 is 2.38 bits per heavy atom. The summed E-state index contributed by atoms with van der Waals surface area (Å²) in [4.78, 5) is 22.8. The van der Waals surface area contributed by atoms with Crippen molar-refractivity contribution in [1.29, 1.82) is 0 Å². The molecule has 24 heavy (non-hydrogen) atoms. The summed E-state index contributed by atoms with van der Waals surface area (Å²) in [7, 11) is 0. The highest BCUT2D eigenvalue weighted by Crippen LogP contribution is 2.21. The van der Waals surface area contributed by atoms with Gasteiger partial charge in [0, 0.05) is 22.9 Å². The fourth-order valence-corrected chi connectivity index (χ4v) is 1.89. The van der Waals surface area contributed by atoms with E-state index >= 15 is 0 Å². The Hall–Kier alpha value is -3.22. The first-order valence-corrected chi connectivity index (χ1v) is 6.88. The van der Waals surface area contributed by atoms with Gasteiger partial charge in [0.25, 0.3) is 0 Å². The maximum atomic E-state index is 12.3. The molecule has 2 aromatic rings. The molecule has 0 aliphatic heterocycles. The summed E-state index contributed by atoms with van der Waals surface area (Å²) in [5, 5.41) is 2.57. The molecule has 2 amide bonds. The quantitative estimate of drug-likeness (QED) is 0.798. The van der Waals surface area contributed by atoms with E-state index in [-0.39, 0.29) is 5.75 Å². The number of primary amides is 1. The lowest BCUT2D eigenvalue weighted by Gasteiger charge is -2.07. The van der Waals surface area contributed by atoms with Crippen LogP contribution in [0.3, 0.4) is 0 Å². The molecule has 7 heteroatoms. The molecule has 0 fully saturated rings. The van der Waals surface area contributed by atoms with Crippen LogP contribution in [0.4, 0.5) is 14.5 Å². The number of hydrogen-bond acceptors (Lipinski definition) is 3. The van der Waals surface area contributed by atoms with Crippen molar-refractivity contribution in [3.05, 3.63) is 65.7 Å². The standard InChI is InChI=1S/C17H14F2N2O3/c18-17(19)24-14-4-2-1-3-11(14)7-10-15(22)21-13-8-5-12(6-9-13)16(20)23/h1-10,17H,(H2,20,23)(H,21,22). The molecule has 0 saturated heterocycles. The van der Waals surface area contributed by atoms with Gasteiger partial charge in [-0.25, -0.2) is 0 Å². The third kappa shape index (κ3) is 4.91. The predicted molar refractivity (Wildman–Crippen MR) is 85.7 cm³/mol. The van der Waals surface area contributed by atoms with Gasteiger partial charge >= 0.3 is 6.61 Å². The Morgan fingerprint density at radius 2 is 1.75 bits per heavy atom. The molecular weight excluding hydrogens is 318 g/mol. The molecule has 0 aliphatic rings. The van der Waals surface area contributed by atoms with Crippen molar-refractivity contribution in [2.24, 2.45) is 5.73 Å². The van der Waals surface area contributed by atoms with Crippen molar-refractivity contribution < 1.29 is 23.1 Å². The number of para-hydroxylation sites is 1. The van der Waals surface area contributed by atoms with Crippen LogP contribution in [-0.4, -0.2) is 18.4 Å². The summed E-state index contributed by atoms with van der Waals surface area (Å²) in [6.45, 7) is -2.95. The molecule has 3 N–H and O–H groups in total. The first-order valence-electron chi connectivity index (χ1n) is 6.88. The van der Waals surface area contributed by atoms with Crippen molar-refractivity contribution in [2.45, 2.75) is 6.61 Å². The lowest BCUT2D eigenvalue weighted by molar-refractivity contribution is -0.111. The monoisotopic (exact) mass is 332 g/mol. The van der Waals surface area contributed by atoms with E-state index in [9.17, 15) is 18.4 Å². The molecule has 0 radical (unpaired) electrons. The van der Waals surface area contributed by atoms with Crippen molar-refractivity contribution in [3.8, 4) is 5.75 Å². The zero-order chi connectivity index (χ0) is 17.5. The van der Waals surface area contributed by atoms with Gasteiger partial charge in [0.1, 0.15) is 5.75 Å². The average molecular weight is 332 g/mol. The molecule has 0 bridgehead atoms. The van der Waals surface area contributed by atoms with Crippen molar-refractivity contribution >= 4 is 23.6 Å². The van der Waals surface area contributed by atoms with Gasteiger partial charge in [0.15, 0.2) is 0 Å². The fourth-order valence-electron chi connectivity index (χ4n) is 1.89. The van der Waals surface area contributed by atoms with Crippen LogP contribution >= 0.6 is 0 Å². The van der Waals surface area contributed by atoms with Crippen LogP contribution in [0.15, 0.2) is 54.6 Å². The minimum atomic E-state index is -2.95. The number of benzene rings is 2. The van der Waals surface area contributed by atoms with Crippen LogP contribution in [0, 0.1) is 0 Å². The number of halogens is 2. The van der Waals surface area contributed by atoms with Crippen LogP contribution in [0.2, 0.25) is 0 Å². The van der Waals surface area contributed by atoms with Crippen LogP contribution < -0.4 is 15.8 Å². The van der Waals surface area contributed by atoms with Crippen molar-refractivity contribution in [1.82, 2.24) is 0 Å². The molecule has 0 heterocycles. The van der Waals surface area contributed by atoms with E-state index in [1.54, 1.807) is 18.2 Å². The summed E-state index contributed by atoms with van der Waals surface area (Å²) in [6.07, 6.45) is 2.56. The number of amides is 2. The molecule has 0 aliphatic carbocycles. The molecule has 0 spiro atoms. The van der Waals surface area contributed by atoms with Crippen molar-refractivity contribution in [3.63, 3.8) is 0 Å². The van der Waals surface area contributed by atoms with E-state index in [0.29, 0.717) is 16.8 Å². The second kappa shape index (κ2) is 7.87. The number of ether oxygens (including phenoxy) is 1. The molecule has 0 aromatic heterocycles. The number of nitrogens with one attached hydrogen (secondary N) is 1. The van der Waals surface area contributed by atoms with Gasteiger partial charge < -0.3 is 15.8 Å². The zero-order valence-corrected chi connectivity index (χ0v) is 12.4. The topological polar surface area (TPSA) is 81.4 Å². The number of carbonyl (C=O) groups excluding carboxylic acids is 2. The van der Waals surface area contributed by atoms with Gasteiger partial charge in [-0.15, -0.1) is 0 Å². The second-order valence-corrected chi connectivity index (χ2v) is 4.68. The minimum absolute atomic E-state index is 0.0256.